The zero-order valence-corrected chi connectivity index (χ0v) is 18.1. The van der Waals surface area contributed by atoms with Crippen LogP contribution in [0.2, 0.25) is 0 Å². The minimum absolute atomic E-state index is 0.0822. The summed E-state index contributed by atoms with van der Waals surface area (Å²) in [5, 5.41) is 14.2. The summed E-state index contributed by atoms with van der Waals surface area (Å²) in [5.41, 5.74) is 5.04. The van der Waals surface area contributed by atoms with E-state index in [4.69, 9.17) is 0 Å². The molecule has 0 saturated heterocycles. The molecule has 0 bridgehead atoms. The zero-order chi connectivity index (χ0) is 21.5. The van der Waals surface area contributed by atoms with E-state index >= 15 is 0 Å². The predicted octanol–water partition coefficient (Wildman–Crippen LogP) is 3.29. The summed E-state index contributed by atoms with van der Waals surface area (Å²) in [7, 11) is 0. The highest BCUT2D eigenvalue weighted by Gasteiger charge is 2.13. The number of para-hydroxylation sites is 1. The number of nitrogens with zero attached hydrogens (tertiary/aromatic N) is 3. The van der Waals surface area contributed by atoms with Gasteiger partial charge in [-0.15, -0.1) is 10.2 Å². The number of hydrogen-bond donors (Lipinski definition) is 2. The number of amides is 2. The summed E-state index contributed by atoms with van der Waals surface area (Å²) in [6.07, 6.45) is 2.46. The van der Waals surface area contributed by atoms with Crippen molar-refractivity contribution in [2.45, 2.75) is 32.3 Å². The van der Waals surface area contributed by atoms with E-state index in [0.717, 1.165) is 34.5 Å². The Morgan fingerprint density at radius 1 is 1.10 bits per heavy atom. The maximum atomic E-state index is 12.2. The molecule has 3 rings (SSSR count). The Morgan fingerprint density at radius 2 is 1.90 bits per heavy atom. The number of aryl methyl sites for hydroxylation is 3. The first-order chi connectivity index (χ1) is 14.5. The molecule has 0 spiro atoms. The van der Waals surface area contributed by atoms with Crippen molar-refractivity contribution in [2.24, 2.45) is 0 Å². The van der Waals surface area contributed by atoms with Crippen molar-refractivity contribution in [3.63, 3.8) is 0 Å². The fourth-order valence-electron chi connectivity index (χ4n) is 2.97. The average molecular weight is 424 g/mol. The summed E-state index contributed by atoms with van der Waals surface area (Å²) >= 11 is 1.28. The van der Waals surface area contributed by atoms with Gasteiger partial charge < -0.3 is 10.6 Å². The summed E-state index contributed by atoms with van der Waals surface area (Å²) in [4.78, 5) is 24.4. The Bertz CT molecular complexity index is 1050. The van der Waals surface area contributed by atoms with Crippen LogP contribution in [0.25, 0.3) is 5.69 Å². The van der Waals surface area contributed by atoms with E-state index in [0.29, 0.717) is 5.16 Å². The van der Waals surface area contributed by atoms with Crippen molar-refractivity contribution in [1.29, 1.82) is 0 Å². The van der Waals surface area contributed by atoms with Crippen LogP contribution in [-0.2, 0) is 16.0 Å². The van der Waals surface area contributed by atoms with Crippen molar-refractivity contribution >= 4 is 29.3 Å². The fraction of sp³-hybridized carbons (Fsp3) is 0.273. The topological polar surface area (TPSA) is 88.9 Å². The standard InChI is InChI=1S/C22H25N5O2S/c1-4-17-7-5-6-8-18(17)25-20(28)12-23-21(29)13-30-22-26-24-14-27(22)19-11-15(2)9-10-16(19)3/h5-11,14H,4,12-13H2,1-3H3,(H,23,29)(H,25,28). The van der Waals surface area contributed by atoms with E-state index in [1.54, 1.807) is 6.33 Å². The first-order valence-electron chi connectivity index (χ1n) is 9.72. The number of rotatable bonds is 8. The van der Waals surface area contributed by atoms with Crippen molar-refractivity contribution < 1.29 is 9.59 Å². The molecular weight excluding hydrogens is 398 g/mol. The second-order valence-corrected chi connectivity index (χ2v) is 7.84. The van der Waals surface area contributed by atoms with Crippen molar-refractivity contribution in [3.8, 4) is 5.69 Å². The van der Waals surface area contributed by atoms with Crippen LogP contribution in [0.4, 0.5) is 5.69 Å². The number of carbonyl (C=O) groups excluding carboxylic acids is 2. The first kappa shape index (κ1) is 21.6. The Morgan fingerprint density at radius 3 is 2.70 bits per heavy atom. The van der Waals surface area contributed by atoms with Gasteiger partial charge in [0, 0.05) is 5.69 Å². The number of anilines is 1. The highest BCUT2D eigenvalue weighted by Crippen LogP contribution is 2.22. The molecule has 0 aliphatic rings. The van der Waals surface area contributed by atoms with Crippen LogP contribution in [0.5, 0.6) is 0 Å². The summed E-state index contributed by atoms with van der Waals surface area (Å²) in [6, 6.07) is 13.8. The smallest absolute Gasteiger partial charge is 0.243 e. The van der Waals surface area contributed by atoms with Crippen LogP contribution in [-0.4, -0.2) is 38.9 Å². The maximum Gasteiger partial charge on any atom is 0.243 e. The largest absolute Gasteiger partial charge is 0.346 e. The Balaban J connectivity index is 1.53. The summed E-state index contributed by atoms with van der Waals surface area (Å²) in [5.74, 6) is -0.357. The lowest BCUT2D eigenvalue weighted by Gasteiger charge is -2.11. The fourth-order valence-corrected chi connectivity index (χ4v) is 3.72. The van der Waals surface area contributed by atoms with Gasteiger partial charge in [-0.1, -0.05) is 49.0 Å². The van der Waals surface area contributed by atoms with Gasteiger partial charge in [0.05, 0.1) is 18.0 Å². The quantitative estimate of drug-likeness (QED) is 0.543. The van der Waals surface area contributed by atoms with E-state index in [2.05, 4.69) is 26.9 Å². The third-order valence-corrected chi connectivity index (χ3v) is 5.53. The molecule has 2 amide bonds. The van der Waals surface area contributed by atoms with Crippen LogP contribution >= 0.6 is 11.8 Å². The minimum Gasteiger partial charge on any atom is -0.346 e. The van der Waals surface area contributed by atoms with Crippen LogP contribution < -0.4 is 10.6 Å². The second kappa shape index (κ2) is 10.1. The average Bonchev–Trinajstić information content (AvgIpc) is 3.21. The zero-order valence-electron chi connectivity index (χ0n) is 17.3. The van der Waals surface area contributed by atoms with Gasteiger partial charge >= 0.3 is 0 Å². The summed E-state index contributed by atoms with van der Waals surface area (Å²) < 4.78 is 1.87. The monoisotopic (exact) mass is 423 g/mol. The third-order valence-electron chi connectivity index (χ3n) is 4.59. The highest BCUT2D eigenvalue weighted by atomic mass is 32.2. The predicted molar refractivity (Wildman–Crippen MR) is 119 cm³/mol. The molecular formula is C22H25N5O2S. The van der Waals surface area contributed by atoms with E-state index in [1.165, 1.54) is 11.8 Å². The van der Waals surface area contributed by atoms with Crippen molar-refractivity contribution in [2.75, 3.05) is 17.6 Å². The lowest BCUT2D eigenvalue weighted by Crippen LogP contribution is -2.34. The van der Waals surface area contributed by atoms with Gasteiger partial charge in [0.25, 0.3) is 0 Å². The van der Waals surface area contributed by atoms with Crippen molar-refractivity contribution in [3.05, 3.63) is 65.5 Å². The lowest BCUT2D eigenvalue weighted by atomic mass is 10.1. The number of benzene rings is 2. The molecule has 3 aromatic rings. The van der Waals surface area contributed by atoms with Gasteiger partial charge in [0.2, 0.25) is 11.8 Å². The molecule has 0 atom stereocenters. The van der Waals surface area contributed by atoms with Crippen LogP contribution in [0.1, 0.15) is 23.6 Å². The Kier molecular flexibility index (Phi) is 7.24. The molecule has 8 heteroatoms. The molecule has 1 heterocycles. The van der Waals surface area contributed by atoms with E-state index in [9.17, 15) is 9.59 Å². The van der Waals surface area contributed by atoms with Crippen LogP contribution in [0, 0.1) is 13.8 Å². The number of thioether (sulfide) groups is 1. The molecule has 1 aromatic heterocycles. The van der Waals surface area contributed by atoms with Gasteiger partial charge in [0.1, 0.15) is 6.33 Å². The molecule has 156 valence electrons. The molecule has 30 heavy (non-hydrogen) atoms. The van der Waals surface area contributed by atoms with Crippen LogP contribution in [0.15, 0.2) is 53.9 Å². The Labute approximate surface area is 180 Å². The van der Waals surface area contributed by atoms with E-state index < -0.39 is 0 Å². The molecule has 2 aromatic carbocycles. The first-order valence-corrected chi connectivity index (χ1v) is 10.7. The number of aromatic nitrogens is 3. The Hall–Kier alpha value is -3.13. The molecule has 0 saturated carbocycles. The second-order valence-electron chi connectivity index (χ2n) is 6.90. The SMILES string of the molecule is CCc1ccccc1NC(=O)CNC(=O)CSc1nncn1-c1cc(C)ccc1C. The molecule has 0 radical (unpaired) electrons. The molecule has 0 aliphatic carbocycles. The molecule has 2 N–H and O–H groups in total. The molecule has 0 aliphatic heterocycles. The van der Waals surface area contributed by atoms with Crippen LogP contribution in [0.3, 0.4) is 0 Å². The van der Waals surface area contributed by atoms with Crippen molar-refractivity contribution in [1.82, 2.24) is 20.1 Å². The van der Waals surface area contributed by atoms with Gasteiger partial charge in [-0.2, -0.15) is 0 Å². The molecule has 7 nitrogen and oxygen atoms in total. The third kappa shape index (κ3) is 5.48. The van der Waals surface area contributed by atoms with Gasteiger partial charge in [-0.05, 0) is 49.1 Å². The van der Waals surface area contributed by atoms with Gasteiger partial charge in [0.15, 0.2) is 5.16 Å². The normalized spacial score (nSPS) is 10.6. The van der Waals surface area contributed by atoms with E-state index in [1.807, 2.05) is 61.7 Å². The highest BCUT2D eigenvalue weighted by molar-refractivity contribution is 7.99. The maximum absolute atomic E-state index is 12.2. The van der Waals surface area contributed by atoms with Gasteiger partial charge in [-0.3, -0.25) is 14.2 Å². The van der Waals surface area contributed by atoms with Gasteiger partial charge in [-0.25, -0.2) is 0 Å². The molecule has 0 fully saturated rings. The summed E-state index contributed by atoms with van der Waals surface area (Å²) in [6.45, 7) is 5.99. The number of carbonyl (C=O) groups is 2. The minimum atomic E-state index is -0.257. The number of hydrogen-bond acceptors (Lipinski definition) is 5. The number of nitrogens with one attached hydrogen (secondary N) is 2. The molecule has 0 unspecified atom stereocenters. The lowest BCUT2D eigenvalue weighted by molar-refractivity contribution is -0.122. The van der Waals surface area contributed by atoms with E-state index in [-0.39, 0.29) is 24.1 Å².